The van der Waals surface area contributed by atoms with E-state index in [4.69, 9.17) is 9.47 Å². The average Bonchev–Trinajstić information content (AvgIpc) is 3.01. The predicted octanol–water partition coefficient (Wildman–Crippen LogP) is 3.12. The standard InChI is InChI=1S/C19H25NO5/c1-13-7-9-14(10-8-13)16(21)12-24-17(22)15-6-5-11-20(15)18(23)25-19(2,3)4/h7-10,15H,5-6,11-12H2,1-4H3. The Kier molecular flexibility index (Phi) is 5.82. The van der Waals surface area contributed by atoms with Gasteiger partial charge in [-0.3, -0.25) is 9.69 Å². The molecule has 1 aliphatic rings. The number of hydrogen-bond acceptors (Lipinski definition) is 5. The van der Waals surface area contributed by atoms with Crippen molar-refractivity contribution in [3.8, 4) is 0 Å². The highest BCUT2D eigenvalue weighted by Crippen LogP contribution is 2.22. The van der Waals surface area contributed by atoms with E-state index in [0.717, 1.165) is 5.56 Å². The molecule has 1 heterocycles. The van der Waals surface area contributed by atoms with Crippen LogP contribution in [0, 0.1) is 6.92 Å². The highest BCUT2D eigenvalue weighted by molar-refractivity contribution is 5.98. The third kappa shape index (κ3) is 5.31. The van der Waals surface area contributed by atoms with Crippen molar-refractivity contribution in [3.63, 3.8) is 0 Å². The van der Waals surface area contributed by atoms with Gasteiger partial charge >= 0.3 is 12.1 Å². The van der Waals surface area contributed by atoms with Crippen molar-refractivity contribution in [3.05, 3.63) is 35.4 Å². The smallest absolute Gasteiger partial charge is 0.411 e. The van der Waals surface area contributed by atoms with E-state index in [1.165, 1.54) is 4.90 Å². The minimum Gasteiger partial charge on any atom is -0.456 e. The van der Waals surface area contributed by atoms with E-state index in [0.29, 0.717) is 24.9 Å². The van der Waals surface area contributed by atoms with Gasteiger partial charge in [0.05, 0.1) is 0 Å². The Morgan fingerprint density at radius 3 is 2.40 bits per heavy atom. The fraction of sp³-hybridized carbons (Fsp3) is 0.526. The SMILES string of the molecule is Cc1ccc(C(=O)COC(=O)C2CCCN2C(=O)OC(C)(C)C)cc1. The van der Waals surface area contributed by atoms with E-state index in [1.54, 1.807) is 32.9 Å². The molecule has 1 atom stereocenters. The number of benzene rings is 1. The molecule has 0 radical (unpaired) electrons. The van der Waals surface area contributed by atoms with Gasteiger partial charge < -0.3 is 9.47 Å². The quantitative estimate of drug-likeness (QED) is 0.618. The number of ketones is 1. The van der Waals surface area contributed by atoms with Gasteiger partial charge in [-0.05, 0) is 40.5 Å². The highest BCUT2D eigenvalue weighted by Gasteiger charge is 2.37. The summed E-state index contributed by atoms with van der Waals surface area (Å²) in [5, 5.41) is 0. The Bertz CT molecular complexity index is 645. The lowest BCUT2D eigenvalue weighted by molar-refractivity contribution is -0.147. The highest BCUT2D eigenvalue weighted by atomic mass is 16.6. The summed E-state index contributed by atoms with van der Waals surface area (Å²) in [5.74, 6) is -0.834. The molecule has 1 saturated heterocycles. The Hall–Kier alpha value is -2.37. The van der Waals surface area contributed by atoms with Crippen LogP contribution in [0.25, 0.3) is 0 Å². The summed E-state index contributed by atoms with van der Waals surface area (Å²) in [6.07, 6.45) is 0.679. The molecule has 1 amide bonds. The first kappa shape index (κ1) is 19.0. The number of nitrogens with zero attached hydrogens (tertiary/aromatic N) is 1. The number of amides is 1. The molecule has 1 aromatic carbocycles. The van der Waals surface area contributed by atoms with Crippen molar-refractivity contribution < 1.29 is 23.9 Å². The Morgan fingerprint density at radius 1 is 1.16 bits per heavy atom. The van der Waals surface area contributed by atoms with Crippen LogP contribution in [-0.4, -0.2) is 47.5 Å². The zero-order valence-corrected chi connectivity index (χ0v) is 15.2. The molecule has 0 saturated carbocycles. The number of esters is 1. The number of ether oxygens (including phenoxy) is 2. The lowest BCUT2D eigenvalue weighted by Gasteiger charge is -2.27. The van der Waals surface area contributed by atoms with Crippen LogP contribution >= 0.6 is 0 Å². The molecular formula is C19H25NO5. The molecule has 6 nitrogen and oxygen atoms in total. The normalized spacial score (nSPS) is 17.3. The molecule has 0 bridgehead atoms. The van der Waals surface area contributed by atoms with Gasteiger partial charge in [-0.25, -0.2) is 9.59 Å². The van der Waals surface area contributed by atoms with Gasteiger partial charge in [0.2, 0.25) is 0 Å². The average molecular weight is 347 g/mol. The minimum atomic E-state index is -0.694. The first-order valence-electron chi connectivity index (χ1n) is 8.43. The van der Waals surface area contributed by atoms with Crippen LogP contribution in [0.3, 0.4) is 0 Å². The van der Waals surface area contributed by atoms with E-state index >= 15 is 0 Å². The third-order valence-corrected chi connectivity index (χ3v) is 3.87. The van der Waals surface area contributed by atoms with E-state index in [9.17, 15) is 14.4 Å². The van der Waals surface area contributed by atoms with Crippen molar-refractivity contribution in [2.75, 3.05) is 13.2 Å². The molecule has 2 rings (SSSR count). The van der Waals surface area contributed by atoms with Gasteiger partial charge in [0, 0.05) is 12.1 Å². The number of likely N-dealkylation sites (tertiary alicyclic amines) is 1. The van der Waals surface area contributed by atoms with Gasteiger partial charge in [0.1, 0.15) is 11.6 Å². The number of carbonyl (C=O) groups excluding carboxylic acids is 3. The molecule has 1 aliphatic heterocycles. The molecule has 1 aromatic rings. The van der Waals surface area contributed by atoms with E-state index in [2.05, 4.69) is 0 Å². The number of Topliss-reactive ketones (excluding diaryl/α,β-unsaturated/α-hetero) is 1. The number of aryl methyl sites for hydroxylation is 1. The lowest BCUT2D eigenvalue weighted by Crippen LogP contribution is -2.44. The second-order valence-corrected chi connectivity index (χ2v) is 7.23. The molecule has 0 aromatic heterocycles. The summed E-state index contributed by atoms with van der Waals surface area (Å²) in [5.41, 5.74) is 0.913. The summed E-state index contributed by atoms with van der Waals surface area (Å²) in [4.78, 5) is 38.0. The molecular weight excluding hydrogens is 322 g/mol. The van der Waals surface area contributed by atoms with Crippen LogP contribution in [0.5, 0.6) is 0 Å². The summed E-state index contributed by atoms with van der Waals surface area (Å²) < 4.78 is 10.5. The molecule has 6 heteroatoms. The molecule has 25 heavy (non-hydrogen) atoms. The van der Waals surface area contributed by atoms with Crippen molar-refractivity contribution in [2.24, 2.45) is 0 Å². The maximum atomic E-state index is 12.3. The van der Waals surface area contributed by atoms with Crippen molar-refractivity contribution in [2.45, 2.75) is 52.2 Å². The topological polar surface area (TPSA) is 72.9 Å². The van der Waals surface area contributed by atoms with Gasteiger partial charge in [-0.15, -0.1) is 0 Å². The molecule has 136 valence electrons. The van der Waals surface area contributed by atoms with Gasteiger partial charge in [0.15, 0.2) is 12.4 Å². The summed E-state index contributed by atoms with van der Waals surface area (Å²) in [6, 6.07) is 6.37. The molecule has 1 unspecified atom stereocenters. The first-order valence-corrected chi connectivity index (χ1v) is 8.43. The summed E-state index contributed by atoms with van der Waals surface area (Å²) in [6.45, 7) is 7.36. The van der Waals surface area contributed by atoms with Crippen LogP contribution in [0.2, 0.25) is 0 Å². The molecule has 0 N–H and O–H groups in total. The lowest BCUT2D eigenvalue weighted by atomic mass is 10.1. The van der Waals surface area contributed by atoms with Crippen LogP contribution in [0.4, 0.5) is 4.79 Å². The molecule has 0 aliphatic carbocycles. The maximum absolute atomic E-state index is 12.3. The Labute approximate surface area is 148 Å². The number of rotatable bonds is 4. The van der Waals surface area contributed by atoms with E-state index in [-0.39, 0.29) is 12.4 Å². The Balaban J connectivity index is 1.92. The van der Waals surface area contributed by atoms with Crippen LogP contribution in [0.1, 0.15) is 49.5 Å². The van der Waals surface area contributed by atoms with E-state index in [1.807, 2.05) is 19.1 Å². The van der Waals surface area contributed by atoms with Crippen molar-refractivity contribution in [1.82, 2.24) is 4.90 Å². The Morgan fingerprint density at radius 2 is 1.80 bits per heavy atom. The largest absolute Gasteiger partial charge is 0.456 e. The van der Waals surface area contributed by atoms with Crippen molar-refractivity contribution >= 4 is 17.8 Å². The number of hydrogen-bond donors (Lipinski definition) is 0. The summed E-state index contributed by atoms with van der Waals surface area (Å²) in [7, 11) is 0. The van der Waals surface area contributed by atoms with Crippen LogP contribution < -0.4 is 0 Å². The van der Waals surface area contributed by atoms with Crippen LogP contribution in [-0.2, 0) is 14.3 Å². The molecule has 0 spiro atoms. The third-order valence-electron chi connectivity index (χ3n) is 3.87. The zero-order valence-electron chi connectivity index (χ0n) is 15.2. The fourth-order valence-corrected chi connectivity index (χ4v) is 2.61. The van der Waals surface area contributed by atoms with Crippen LogP contribution in [0.15, 0.2) is 24.3 Å². The molecule has 1 fully saturated rings. The summed E-state index contributed by atoms with van der Waals surface area (Å²) >= 11 is 0. The fourth-order valence-electron chi connectivity index (χ4n) is 2.61. The second-order valence-electron chi connectivity index (χ2n) is 7.23. The zero-order chi connectivity index (χ0) is 18.6. The van der Waals surface area contributed by atoms with E-state index < -0.39 is 23.7 Å². The van der Waals surface area contributed by atoms with Gasteiger partial charge in [0.25, 0.3) is 0 Å². The van der Waals surface area contributed by atoms with Gasteiger partial charge in [-0.2, -0.15) is 0 Å². The monoisotopic (exact) mass is 347 g/mol. The second kappa shape index (κ2) is 7.68. The first-order chi connectivity index (χ1) is 11.7. The van der Waals surface area contributed by atoms with Gasteiger partial charge in [-0.1, -0.05) is 29.8 Å². The predicted molar refractivity (Wildman–Crippen MR) is 92.4 cm³/mol. The maximum Gasteiger partial charge on any atom is 0.411 e. The number of carbonyl (C=O) groups is 3. The minimum absolute atomic E-state index is 0.268. The van der Waals surface area contributed by atoms with Crippen molar-refractivity contribution in [1.29, 1.82) is 0 Å².